The second-order valence-electron chi connectivity index (χ2n) is 43.2. The molecule has 6 aliphatic heterocycles. The molecule has 0 fully saturated rings. The molecule has 14 heteroatoms. The van der Waals surface area contributed by atoms with E-state index in [4.69, 9.17) is 9.47 Å². The quantitative estimate of drug-likeness (QED) is 0.0735. The predicted molar refractivity (Wildman–Crippen MR) is 590 cm³/mol. The van der Waals surface area contributed by atoms with Crippen LogP contribution in [0.15, 0.2) is 397 Å². The van der Waals surface area contributed by atoms with Crippen LogP contribution in [0.5, 0.6) is 11.5 Å². The van der Waals surface area contributed by atoms with Crippen molar-refractivity contribution in [3.05, 3.63) is 498 Å². The van der Waals surface area contributed by atoms with Gasteiger partial charge >= 0.3 is 0 Å². The topological polar surface area (TPSA) is 140 Å². The molecule has 6 heterocycles. The lowest BCUT2D eigenvalue weighted by atomic mass is 9.79. The van der Waals surface area contributed by atoms with Crippen LogP contribution in [-0.4, -0.2) is 79.1 Å². The maximum atomic E-state index is 15.7. The molecule has 726 valence electrons. The van der Waals surface area contributed by atoms with Crippen molar-refractivity contribution in [1.29, 1.82) is 0 Å². The summed E-state index contributed by atoms with van der Waals surface area (Å²) in [6, 6.07) is 123. The van der Waals surface area contributed by atoms with Crippen molar-refractivity contribution in [2.75, 3.05) is 14.2 Å². The molecule has 0 atom stereocenters. The van der Waals surface area contributed by atoms with Gasteiger partial charge in [-0.05, 0) is 216 Å². The molecule has 0 aliphatic carbocycles. The number of carbonyl (C=O) groups is 6. The highest BCUT2D eigenvalue weighted by Gasteiger charge is 2.53. The monoisotopic (exact) mass is 1920 g/mol. The zero-order valence-corrected chi connectivity index (χ0v) is 85.8. The summed E-state index contributed by atoms with van der Waals surface area (Å²) in [6.45, 7) is 32.9. The van der Waals surface area contributed by atoms with Crippen LogP contribution in [0.1, 0.15) is 183 Å². The number of carbonyl (C=O) groups excluding carboxylic acids is 6. The Bertz CT molecular complexity index is 7630. The van der Waals surface area contributed by atoms with E-state index < -0.39 is 0 Å². The molecule has 146 heavy (non-hydrogen) atoms. The highest BCUT2D eigenvalue weighted by Crippen LogP contribution is 2.54. The molecule has 0 saturated heterocycles. The highest BCUT2D eigenvalue weighted by atomic mass is 16.5. The number of hydrogen-bond acceptors (Lipinski definition) is 8. The zero-order valence-electron chi connectivity index (χ0n) is 85.8. The minimum Gasteiger partial charge on any atom is -0.497 e. The minimum absolute atomic E-state index is 0.119. The van der Waals surface area contributed by atoms with Gasteiger partial charge in [0.25, 0.3) is 35.4 Å². The number of benzene rings is 16. The fourth-order valence-corrected chi connectivity index (χ4v) is 20.7. The van der Waals surface area contributed by atoms with Gasteiger partial charge in [-0.2, -0.15) is 0 Å². The van der Waals surface area contributed by atoms with Gasteiger partial charge in [0, 0.05) is 0 Å². The van der Waals surface area contributed by atoms with Crippen LogP contribution < -0.4 is 9.47 Å². The number of ether oxygens (including phenoxy) is 2. The molecule has 0 aromatic heterocycles. The molecule has 0 spiro atoms. The van der Waals surface area contributed by atoms with E-state index in [1.54, 1.807) is 33.8 Å². The van der Waals surface area contributed by atoms with E-state index in [2.05, 4.69) is 192 Å². The summed E-state index contributed by atoms with van der Waals surface area (Å²) in [6.07, 6.45) is 0. The van der Waals surface area contributed by atoms with Crippen molar-refractivity contribution >= 4 is 113 Å². The predicted octanol–water partition coefficient (Wildman–Crippen LogP) is 28.1. The van der Waals surface area contributed by atoms with Crippen molar-refractivity contribution in [2.24, 2.45) is 0 Å². The zero-order chi connectivity index (χ0) is 102. The van der Waals surface area contributed by atoms with Gasteiger partial charge in [0.15, 0.2) is 0 Å². The molecule has 22 rings (SSSR count). The van der Waals surface area contributed by atoms with Crippen molar-refractivity contribution in [2.45, 2.75) is 158 Å². The summed E-state index contributed by atoms with van der Waals surface area (Å²) >= 11 is 0. The Hall–Kier alpha value is -16.6. The summed E-state index contributed by atoms with van der Waals surface area (Å²) in [5.74, 6) is 0.583. The van der Waals surface area contributed by atoms with Crippen molar-refractivity contribution < 1.29 is 38.2 Å². The van der Waals surface area contributed by atoms with Gasteiger partial charge in [0.1, 0.15) is 11.5 Å². The van der Waals surface area contributed by atoms with Crippen molar-refractivity contribution in [3.8, 4) is 11.5 Å². The maximum Gasteiger partial charge on any atom is 0.261 e. The Labute approximate surface area is 855 Å². The van der Waals surface area contributed by atoms with Crippen molar-refractivity contribution in [1.82, 2.24) is 29.4 Å². The molecule has 14 nitrogen and oxygen atoms in total. The van der Waals surface area contributed by atoms with E-state index >= 15 is 9.59 Å². The fraction of sp³-hybridized carbons (Fsp3) is 0.197. The van der Waals surface area contributed by atoms with E-state index in [0.717, 1.165) is 132 Å². The summed E-state index contributed by atoms with van der Waals surface area (Å²) in [5, 5.41) is 8.33. The molecule has 0 radical (unpaired) electrons. The fourth-order valence-electron chi connectivity index (χ4n) is 20.7. The van der Waals surface area contributed by atoms with Gasteiger partial charge in [0.2, 0.25) is 0 Å². The molecule has 16 aromatic rings. The van der Waals surface area contributed by atoms with E-state index in [-0.39, 0.29) is 57.1 Å². The minimum atomic E-state index is -0.183. The molecule has 0 saturated carbocycles. The van der Waals surface area contributed by atoms with Gasteiger partial charge in [-0.1, -0.05) is 410 Å². The van der Waals surface area contributed by atoms with Crippen LogP contribution >= 0.6 is 0 Å². The average molecular weight is 1920 g/mol. The van der Waals surface area contributed by atoms with Gasteiger partial charge in [0.05, 0.1) is 121 Å². The standard InChI is InChI=1S/C58H64N2O4.C40H28N2O2.C34H28N2O2/c1-55(2,3)43-23-35(24-44(31-43)56(4,5)6)33-59-51(41-17-15-39-29-47(63-13)21-19-37(39)27-41)49-50(53(59)61)52(42-18-16-40-30-48(64-14)22-20-38(40)28-42)60(54(49)62)34-36-25-45(57(7,8)9)32-46(26-36)58(10,11)12;43-39-36-35(37(41(39)25-27-11-3-1-4-12-27)33-21-19-29-15-7-9-17-31(29)23-33)40(44)42(26-28-13-5-2-6-14-28)38(36)34-22-20-30-16-8-10-18-32(30)24-34;1-23-13-17-27(18-14-23)31-29-30(34(38)35(31)21-25-9-5-3-6-10-25)32(28-19-15-24(2)16-20-28)36(33(29)37)22-26-11-7-4-8-12-26/h15-32H,33-34H2,1-14H3;1-24H,25-26H2;3-20H,21-22H2,1-2H3. The highest BCUT2D eigenvalue weighted by molar-refractivity contribution is 6.33. The van der Waals surface area contributed by atoms with E-state index in [9.17, 15) is 19.2 Å². The van der Waals surface area contributed by atoms with Crippen molar-refractivity contribution in [3.63, 3.8) is 0 Å². The SMILES string of the molecule is COc1ccc2cc(C3=C4C(=O)N(Cc5cc(C(C)(C)C)cc(C(C)(C)C)c5)C(c5ccc6cc(OC)ccc6c5)=C4C(=O)N3Cc3cc(C(C)(C)C)cc(C(C)(C)C)c3)ccc2c1.Cc1ccc(C2=C3C(=O)N(Cc4ccccc4)C(c4ccc(C)cc4)=C3C(=O)N2Cc2ccccc2)cc1.O=C1C2=C(c3ccc4ccccc4c3)N(Cc3ccccc3)C(=O)C2=C(c2ccc3ccccc3c2)N1Cc1ccccc1. The van der Waals surface area contributed by atoms with Gasteiger partial charge < -0.3 is 38.9 Å². The van der Waals surface area contributed by atoms with Crippen LogP contribution in [0.3, 0.4) is 0 Å². The molecule has 16 aromatic carbocycles. The Balaban J connectivity index is 0.000000139. The van der Waals surface area contributed by atoms with Gasteiger partial charge in [-0.3, -0.25) is 28.8 Å². The summed E-state index contributed by atoms with van der Waals surface area (Å²) in [4.78, 5) is 100. The third-order valence-electron chi connectivity index (χ3n) is 28.7. The molecule has 6 amide bonds. The number of nitrogens with zero attached hydrogens (tertiary/aromatic N) is 6. The Morgan fingerprint density at radius 2 is 0.384 bits per heavy atom. The number of aryl methyl sites for hydroxylation is 2. The molecule has 0 N–H and O–H groups in total. The van der Waals surface area contributed by atoms with E-state index in [1.165, 1.54) is 22.3 Å². The largest absolute Gasteiger partial charge is 0.497 e. The smallest absolute Gasteiger partial charge is 0.261 e. The van der Waals surface area contributed by atoms with Crippen LogP contribution in [0, 0.1) is 13.8 Å². The second-order valence-corrected chi connectivity index (χ2v) is 43.2. The van der Waals surface area contributed by atoms with Gasteiger partial charge in [-0.15, -0.1) is 0 Å². The molecule has 0 bridgehead atoms. The third kappa shape index (κ3) is 19.0. The summed E-state index contributed by atoms with van der Waals surface area (Å²) in [7, 11) is 3.34. The van der Waals surface area contributed by atoms with Crippen LogP contribution in [0.2, 0.25) is 0 Å². The maximum absolute atomic E-state index is 15.7. The Kier molecular flexibility index (Phi) is 25.8. The second kappa shape index (κ2) is 38.9. The Morgan fingerprint density at radius 3 is 0.623 bits per heavy atom. The lowest BCUT2D eigenvalue weighted by Gasteiger charge is -2.29. The number of fused-ring (bicyclic) bond motifs is 7. The number of hydrogen-bond donors (Lipinski definition) is 0. The first-order valence-corrected chi connectivity index (χ1v) is 50.2. The molecular formula is C132H120N6O8. The number of rotatable bonds is 20. The third-order valence-corrected chi connectivity index (χ3v) is 28.7. The summed E-state index contributed by atoms with van der Waals surface area (Å²) in [5.41, 5.74) is 24.5. The van der Waals surface area contributed by atoms with Crippen LogP contribution in [-0.2, 0) is 89.7 Å². The molecule has 0 unspecified atom stereocenters. The lowest BCUT2D eigenvalue weighted by Crippen LogP contribution is -2.30. The normalized spacial score (nSPS) is 15.0. The van der Waals surface area contributed by atoms with Crippen LogP contribution in [0.4, 0.5) is 0 Å². The average Bonchev–Trinajstić information content (AvgIpc) is 1.59. The Morgan fingerprint density at radius 1 is 0.192 bits per heavy atom. The molecular weight excluding hydrogens is 1800 g/mol. The number of amides is 6. The first kappa shape index (κ1) is 96.9. The van der Waals surface area contributed by atoms with E-state index in [0.29, 0.717) is 107 Å². The van der Waals surface area contributed by atoms with Gasteiger partial charge in [-0.25, -0.2) is 0 Å². The lowest BCUT2D eigenvalue weighted by molar-refractivity contribution is -0.124. The number of methoxy groups -OCH3 is 2. The molecule has 6 aliphatic rings. The van der Waals surface area contributed by atoms with E-state index in [1.807, 2.05) is 278 Å². The first-order valence-electron chi connectivity index (χ1n) is 50.2. The summed E-state index contributed by atoms with van der Waals surface area (Å²) < 4.78 is 11.1. The first-order chi connectivity index (χ1) is 70.1. The van der Waals surface area contributed by atoms with Crippen LogP contribution in [0.25, 0.3) is 77.3 Å².